The molecule has 0 aliphatic heterocycles. The number of ether oxygens (including phenoxy) is 1. The molecule has 6 heteroatoms. The normalized spacial score (nSPS) is 10.9. The van der Waals surface area contributed by atoms with Crippen LogP contribution in [-0.2, 0) is 11.3 Å². The van der Waals surface area contributed by atoms with Crippen LogP contribution in [0.2, 0.25) is 0 Å². The van der Waals surface area contributed by atoms with E-state index >= 15 is 0 Å². The van der Waals surface area contributed by atoms with E-state index in [1.54, 1.807) is 12.3 Å². The number of aromatic amines is 1. The molecule has 0 bridgehead atoms. The van der Waals surface area contributed by atoms with Crippen molar-refractivity contribution >= 4 is 32.8 Å². The van der Waals surface area contributed by atoms with Gasteiger partial charge in [-0.3, -0.25) is 0 Å². The highest BCUT2D eigenvalue weighted by Gasteiger charge is 2.14. The molecule has 0 saturated carbocycles. The summed E-state index contributed by atoms with van der Waals surface area (Å²) in [5.74, 6) is 0.125. The van der Waals surface area contributed by atoms with Gasteiger partial charge in [0.15, 0.2) is 12.4 Å². The van der Waals surface area contributed by atoms with Gasteiger partial charge in [-0.15, -0.1) is 0 Å². The van der Waals surface area contributed by atoms with E-state index in [9.17, 15) is 4.79 Å². The van der Waals surface area contributed by atoms with Crippen molar-refractivity contribution in [3.05, 3.63) is 52.0 Å². The number of hydrogen-bond donors (Lipinski definition) is 1. The first-order valence-corrected chi connectivity index (χ1v) is 6.79. The zero-order valence-electron chi connectivity index (χ0n) is 10.6. The Balaban J connectivity index is 1.80. The standard InChI is InChI=1S/C14H11BrN2O3/c1-8-4-10(20-17-8)7-19-14(18)12-6-16-13-3-2-9(15)5-11(12)13/h2-6,16H,7H2,1H3. The number of esters is 1. The van der Waals surface area contributed by atoms with Crippen LogP contribution in [0.5, 0.6) is 0 Å². The van der Waals surface area contributed by atoms with Crippen LogP contribution >= 0.6 is 15.9 Å². The zero-order valence-corrected chi connectivity index (χ0v) is 12.2. The molecule has 102 valence electrons. The number of aromatic nitrogens is 2. The molecule has 5 nitrogen and oxygen atoms in total. The third kappa shape index (κ3) is 2.46. The lowest BCUT2D eigenvalue weighted by Gasteiger charge is -2.01. The summed E-state index contributed by atoms with van der Waals surface area (Å²) in [5, 5.41) is 4.56. The Morgan fingerprint density at radius 1 is 1.45 bits per heavy atom. The summed E-state index contributed by atoms with van der Waals surface area (Å²) < 4.78 is 11.1. The molecule has 0 amide bonds. The third-order valence-corrected chi connectivity index (χ3v) is 3.38. The second-order valence-corrected chi connectivity index (χ2v) is 5.32. The van der Waals surface area contributed by atoms with Crippen LogP contribution < -0.4 is 0 Å². The van der Waals surface area contributed by atoms with Crippen LogP contribution in [0.3, 0.4) is 0 Å². The number of H-pyrrole nitrogens is 1. The smallest absolute Gasteiger partial charge is 0.340 e. The largest absolute Gasteiger partial charge is 0.454 e. The molecule has 0 aliphatic carbocycles. The molecule has 0 saturated heterocycles. The van der Waals surface area contributed by atoms with Gasteiger partial charge < -0.3 is 14.2 Å². The van der Waals surface area contributed by atoms with Gasteiger partial charge in [-0.25, -0.2) is 4.79 Å². The number of carbonyl (C=O) groups excluding carboxylic acids is 1. The van der Waals surface area contributed by atoms with Crippen molar-refractivity contribution < 1.29 is 14.1 Å². The molecular formula is C14H11BrN2O3. The Bertz CT molecular complexity index is 776. The molecule has 0 fully saturated rings. The van der Waals surface area contributed by atoms with E-state index in [1.807, 2.05) is 25.1 Å². The van der Waals surface area contributed by atoms with Crippen LogP contribution in [0.25, 0.3) is 10.9 Å². The number of rotatable bonds is 3. The molecule has 0 unspecified atom stereocenters. The first kappa shape index (κ1) is 12.9. The number of halogens is 1. The zero-order chi connectivity index (χ0) is 14.1. The number of carbonyl (C=O) groups is 1. The molecule has 3 aromatic rings. The molecule has 1 N–H and O–H groups in total. The summed E-state index contributed by atoms with van der Waals surface area (Å²) >= 11 is 3.39. The van der Waals surface area contributed by atoms with Gasteiger partial charge in [0, 0.05) is 27.6 Å². The van der Waals surface area contributed by atoms with Crippen molar-refractivity contribution in [3.8, 4) is 0 Å². The van der Waals surface area contributed by atoms with E-state index in [0.717, 1.165) is 21.1 Å². The molecule has 2 aromatic heterocycles. The quantitative estimate of drug-likeness (QED) is 0.743. The molecule has 20 heavy (non-hydrogen) atoms. The average Bonchev–Trinajstić information content (AvgIpc) is 3.02. The molecule has 0 aliphatic rings. The predicted molar refractivity (Wildman–Crippen MR) is 76.4 cm³/mol. The van der Waals surface area contributed by atoms with Gasteiger partial charge in [0.2, 0.25) is 0 Å². The Morgan fingerprint density at radius 2 is 2.30 bits per heavy atom. The second-order valence-electron chi connectivity index (χ2n) is 4.40. The summed E-state index contributed by atoms with van der Waals surface area (Å²) in [4.78, 5) is 15.1. The Hall–Kier alpha value is -2.08. The number of aryl methyl sites for hydroxylation is 1. The third-order valence-electron chi connectivity index (χ3n) is 2.89. The van der Waals surface area contributed by atoms with E-state index in [4.69, 9.17) is 9.26 Å². The van der Waals surface area contributed by atoms with E-state index < -0.39 is 5.97 Å². The molecule has 0 spiro atoms. The van der Waals surface area contributed by atoms with E-state index in [-0.39, 0.29) is 6.61 Å². The Kier molecular flexibility index (Phi) is 3.31. The number of hydrogen-bond acceptors (Lipinski definition) is 4. The van der Waals surface area contributed by atoms with Crippen molar-refractivity contribution in [2.45, 2.75) is 13.5 Å². The highest BCUT2D eigenvalue weighted by molar-refractivity contribution is 9.10. The second kappa shape index (κ2) is 5.13. The van der Waals surface area contributed by atoms with Crippen LogP contribution in [0.4, 0.5) is 0 Å². The topological polar surface area (TPSA) is 68.1 Å². The van der Waals surface area contributed by atoms with Gasteiger partial charge in [0.25, 0.3) is 0 Å². The van der Waals surface area contributed by atoms with Crippen molar-refractivity contribution in [3.63, 3.8) is 0 Å². The summed E-state index contributed by atoms with van der Waals surface area (Å²) in [6.07, 6.45) is 1.64. The maximum absolute atomic E-state index is 12.1. The minimum absolute atomic E-state index is 0.0698. The van der Waals surface area contributed by atoms with Gasteiger partial charge >= 0.3 is 5.97 Å². The predicted octanol–water partition coefficient (Wildman–Crippen LogP) is 3.58. The van der Waals surface area contributed by atoms with E-state index in [1.165, 1.54) is 0 Å². The first-order valence-electron chi connectivity index (χ1n) is 5.99. The van der Waals surface area contributed by atoms with Gasteiger partial charge in [-0.1, -0.05) is 21.1 Å². The Labute approximate surface area is 123 Å². The minimum atomic E-state index is -0.400. The first-order chi connectivity index (χ1) is 9.63. The monoisotopic (exact) mass is 334 g/mol. The molecule has 0 radical (unpaired) electrons. The molecule has 1 aromatic carbocycles. The average molecular weight is 335 g/mol. The van der Waals surface area contributed by atoms with Crippen LogP contribution in [0.1, 0.15) is 21.8 Å². The molecule has 3 rings (SSSR count). The number of nitrogens with zero attached hydrogens (tertiary/aromatic N) is 1. The number of benzene rings is 1. The molecule has 0 atom stereocenters. The summed E-state index contributed by atoms with van der Waals surface area (Å²) in [6, 6.07) is 7.42. The summed E-state index contributed by atoms with van der Waals surface area (Å²) in [5.41, 5.74) is 2.14. The van der Waals surface area contributed by atoms with Gasteiger partial charge in [0.1, 0.15) is 0 Å². The van der Waals surface area contributed by atoms with Gasteiger partial charge in [-0.2, -0.15) is 0 Å². The highest BCUT2D eigenvalue weighted by atomic mass is 79.9. The highest BCUT2D eigenvalue weighted by Crippen LogP contribution is 2.23. The summed E-state index contributed by atoms with van der Waals surface area (Å²) in [7, 11) is 0. The van der Waals surface area contributed by atoms with Crippen molar-refractivity contribution in [2.24, 2.45) is 0 Å². The van der Waals surface area contributed by atoms with E-state index in [0.29, 0.717) is 11.3 Å². The number of nitrogens with one attached hydrogen (secondary N) is 1. The number of fused-ring (bicyclic) bond motifs is 1. The van der Waals surface area contributed by atoms with Crippen LogP contribution in [0, 0.1) is 6.92 Å². The fraction of sp³-hybridized carbons (Fsp3) is 0.143. The van der Waals surface area contributed by atoms with Crippen molar-refractivity contribution in [1.82, 2.24) is 10.1 Å². The SMILES string of the molecule is Cc1cc(COC(=O)c2c[nH]c3ccc(Br)cc23)on1. The van der Waals surface area contributed by atoms with Gasteiger partial charge in [-0.05, 0) is 25.1 Å². The lowest BCUT2D eigenvalue weighted by molar-refractivity contribution is 0.0440. The summed E-state index contributed by atoms with van der Waals surface area (Å²) in [6.45, 7) is 1.88. The lowest BCUT2D eigenvalue weighted by atomic mass is 10.2. The lowest BCUT2D eigenvalue weighted by Crippen LogP contribution is -2.04. The fourth-order valence-corrected chi connectivity index (χ4v) is 2.32. The van der Waals surface area contributed by atoms with Crippen LogP contribution in [-0.4, -0.2) is 16.1 Å². The minimum Gasteiger partial charge on any atom is -0.454 e. The van der Waals surface area contributed by atoms with Crippen molar-refractivity contribution in [2.75, 3.05) is 0 Å². The maximum atomic E-state index is 12.1. The van der Waals surface area contributed by atoms with Gasteiger partial charge in [0.05, 0.1) is 11.3 Å². The molecular weight excluding hydrogens is 324 g/mol. The van der Waals surface area contributed by atoms with Crippen LogP contribution in [0.15, 0.2) is 39.5 Å². The fourth-order valence-electron chi connectivity index (χ4n) is 1.96. The maximum Gasteiger partial charge on any atom is 0.340 e. The molecule has 2 heterocycles. The Morgan fingerprint density at radius 3 is 3.05 bits per heavy atom. The van der Waals surface area contributed by atoms with Crippen molar-refractivity contribution in [1.29, 1.82) is 0 Å². The van der Waals surface area contributed by atoms with E-state index in [2.05, 4.69) is 26.1 Å².